The summed E-state index contributed by atoms with van der Waals surface area (Å²) in [4.78, 5) is 5.22. The Labute approximate surface area is 129 Å². The first-order valence-corrected chi connectivity index (χ1v) is 8.51. The zero-order valence-electron chi connectivity index (χ0n) is 13.5. The maximum absolute atomic E-state index is 6.51. The zero-order chi connectivity index (χ0) is 14.8. The fraction of sp³-hybridized carbons (Fsp3) is 0.667. The minimum absolute atomic E-state index is 0.114. The van der Waals surface area contributed by atoms with E-state index in [1.54, 1.807) is 0 Å². The van der Waals surface area contributed by atoms with E-state index in [4.69, 9.17) is 5.73 Å². The molecule has 21 heavy (non-hydrogen) atoms. The van der Waals surface area contributed by atoms with Gasteiger partial charge in [0.2, 0.25) is 0 Å². The summed E-state index contributed by atoms with van der Waals surface area (Å²) in [6, 6.07) is 10.3. The van der Waals surface area contributed by atoms with Crippen LogP contribution < -0.4 is 5.73 Å². The molecule has 0 bridgehead atoms. The lowest BCUT2D eigenvalue weighted by atomic mass is 9.98. The zero-order valence-corrected chi connectivity index (χ0v) is 13.5. The topological polar surface area (TPSA) is 32.5 Å². The molecule has 1 aliphatic carbocycles. The molecule has 2 atom stereocenters. The van der Waals surface area contributed by atoms with Gasteiger partial charge in [-0.25, -0.2) is 0 Å². The molecule has 2 unspecified atom stereocenters. The van der Waals surface area contributed by atoms with Crippen LogP contribution in [0, 0.1) is 0 Å². The van der Waals surface area contributed by atoms with Crippen molar-refractivity contribution in [1.29, 1.82) is 0 Å². The molecule has 2 fully saturated rings. The van der Waals surface area contributed by atoms with E-state index in [9.17, 15) is 0 Å². The van der Waals surface area contributed by atoms with Gasteiger partial charge in [-0.2, -0.15) is 0 Å². The van der Waals surface area contributed by atoms with Gasteiger partial charge in [0.05, 0.1) is 0 Å². The van der Waals surface area contributed by atoms with E-state index in [0.717, 1.165) is 12.5 Å². The third-order valence-corrected chi connectivity index (χ3v) is 5.28. The predicted molar refractivity (Wildman–Crippen MR) is 88.4 cm³/mol. The highest BCUT2D eigenvalue weighted by molar-refractivity contribution is 5.25. The average Bonchev–Trinajstić information content (AvgIpc) is 3.39. The number of nitrogens with two attached hydrogens (primary N) is 1. The Kier molecular flexibility index (Phi) is 4.63. The minimum Gasteiger partial charge on any atom is -0.323 e. The van der Waals surface area contributed by atoms with Crippen molar-refractivity contribution in [2.75, 3.05) is 26.2 Å². The molecule has 1 heterocycles. The molecule has 0 radical (unpaired) electrons. The summed E-state index contributed by atoms with van der Waals surface area (Å²) in [5, 5.41) is 0. The molecule has 1 aliphatic heterocycles. The molecular weight excluding hydrogens is 258 g/mol. The van der Waals surface area contributed by atoms with Gasteiger partial charge in [-0.15, -0.1) is 0 Å². The quantitative estimate of drug-likeness (QED) is 0.903. The van der Waals surface area contributed by atoms with Crippen molar-refractivity contribution < 1.29 is 0 Å². The molecule has 1 saturated heterocycles. The van der Waals surface area contributed by atoms with Crippen LogP contribution in [-0.4, -0.2) is 48.1 Å². The van der Waals surface area contributed by atoms with Crippen LogP contribution in [0.2, 0.25) is 0 Å². The number of aryl methyl sites for hydroxylation is 1. The second kappa shape index (κ2) is 6.47. The Balaban J connectivity index is 1.57. The van der Waals surface area contributed by atoms with Gasteiger partial charge in [-0.3, -0.25) is 9.80 Å². The number of benzene rings is 1. The third kappa shape index (κ3) is 3.47. The first kappa shape index (κ1) is 15.0. The third-order valence-electron chi connectivity index (χ3n) is 5.28. The molecule has 1 aromatic carbocycles. The molecule has 0 aromatic heterocycles. The number of hydrogen-bond donors (Lipinski definition) is 1. The average molecular weight is 287 g/mol. The number of hydrogen-bond acceptors (Lipinski definition) is 3. The molecule has 3 nitrogen and oxygen atoms in total. The highest BCUT2D eigenvalue weighted by atomic mass is 15.3. The second-order valence-corrected chi connectivity index (χ2v) is 6.66. The first-order chi connectivity index (χ1) is 10.2. The molecule has 2 aliphatic rings. The maximum Gasteiger partial charge on any atom is 0.0450 e. The summed E-state index contributed by atoms with van der Waals surface area (Å²) >= 11 is 0. The summed E-state index contributed by atoms with van der Waals surface area (Å²) in [5.74, 6) is 0. The first-order valence-electron chi connectivity index (χ1n) is 8.51. The van der Waals surface area contributed by atoms with Gasteiger partial charge in [0.1, 0.15) is 0 Å². The molecule has 116 valence electrons. The van der Waals surface area contributed by atoms with E-state index < -0.39 is 0 Å². The minimum atomic E-state index is 0.114. The molecule has 3 rings (SSSR count). The van der Waals surface area contributed by atoms with Crippen LogP contribution in [-0.2, 0) is 6.42 Å². The lowest BCUT2D eigenvalue weighted by Gasteiger charge is -2.40. The predicted octanol–water partition coefficient (Wildman–Crippen LogP) is 2.42. The lowest BCUT2D eigenvalue weighted by Crippen LogP contribution is -2.52. The van der Waals surface area contributed by atoms with Gasteiger partial charge in [0.15, 0.2) is 0 Å². The maximum atomic E-state index is 6.51. The van der Waals surface area contributed by atoms with Crippen molar-refractivity contribution in [3.05, 3.63) is 35.4 Å². The van der Waals surface area contributed by atoms with E-state index in [2.05, 4.69) is 47.9 Å². The van der Waals surface area contributed by atoms with Crippen molar-refractivity contribution in [2.45, 2.75) is 51.2 Å². The molecular formula is C18H29N3. The van der Waals surface area contributed by atoms with Crippen molar-refractivity contribution in [1.82, 2.24) is 9.80 Å². The van der Waals surface area contributed by atoms with E-state index in [-0.39, 0.29) is 6.04 Å². The van der Waals surface area contributed by atoms with E-state index in [1.807, 2.05) is 0 Å². The van der Waals surface area contributed by atoms with E-state index >= 15 is 0 Å². The van der Waals surface area contributed by atoms with Crippen LogP contribution >= 0.6 is 0 Å². The van der Waals surface area contributed by atoms with Gasteiger partial charge in [0, 0.05) is 44.3 Å². The Morgan fingerprint density at radius 2 is 1.71 bits per heavy atom. The molecule has 1 aromatic rings. The summed E-state index contributed by atoms with van der Waals surface area (Å²) < 4.78 is 0. The van der Waals surface area contributed by atoms with Crippen LogP contribution in [0.25, 0.3) is 0 Å². The molecule has 1 saturated carbocycles. The number of nitrogens with zero attached hydrogens (tertiary/aromatic N) is 2. The van der Waals surface area contributed by atoms with Crippen LogP contribution in [0.5, 0.6) is 0 Å². The van der Waals surface area contributed by atoms with Crippen LogP contribution in [0.3, 0.4) is 0 Å². The Hall–Kier alpha value is -0.900. The number of rotatable bonds is 5. The smallest absolute Gasteiger partial charge is 0.0450 e. The molecule has 2 N–H and O–H groups in total. The Bertz CT molecular complexity index is 444. The highest BCUT2D eigenvalue weighted by Crippen LogP contribution is 2.28. The molecule has 0 amide bonds. The van der Waals surface area contributed by atoms with Gasteiger partial charge in [-0.05, 0) is 37.3 Å². The summed E-state index contributed by atoms with van der Waals surface area (Å²) in [7, 11) is 0. The SMILES string of the molecule is CCc1ccc(C(N)C(C)N2CCN(C3CC3)CC2)cc1. The summed E-state index contributed by atoms with van der Waals surface area (Å²) in [5.41, 5.74) is 9.17. The van der Waals surface area contributed by atoms with Crippen LogP contribution in [0.15, 0.2) is 24.3 Å². The highest BCUT2D eigenvalue weighted by Gasteiger charge is 2.33. The van der Waals surface area contributed by atoms with Crippen molar-refractivity contribution >= 4 is 0 Å². The largest absolute Gasteiger partial charge is 0.323 e. The van der Waals surface area contributed by atoms with Gasteiger partial charge >= 0.3 is 0 Å². The van der Waals surface area contributed by atoms with Crippen molar-refractivity contribution in [3.8, 4) is 0 Å². The van der Waals surface area contributed by atoms with Gasteiger partial charge in [0.25, 0.3) is 0 Å². The van der Waals surface area contributed by atoms with E-state index in [1.165, 1.54) is 50.1 Å². The van der Waals surface area contributed by atoms with Crippen molar-refractivity contribution in [2.24, 2.45) is 5.73 Å². The summed E-state index contributed by atoms with van der Waals surface area (Å²) in [6.07, 6.45) is 3.92. The fourth-order valence-electron chi connectivity index (χ4n) is 3.43. The molecule has 3 heteroatoms. The summed E-state index contributed by atoms with van der Waals surface area (Å²) in [6.45, 7) is 9.24. The monoisotopic (exact) mass is 287 g/mol. The van der Waals surface area contributed by atoms with Crippen LogP contribution in [0.1, 0.15) is 43.9 Å². The lowest BCUT2D eigenvalue weighted by molar-refractivity contribution is 0.0875. The Morgan fingerprint density at radius 1 is 1.10 bits per heavy atom. The Morgan fingerprint density at radius 3 is 2.24 bits per heavy atom. The normalized spacial score (nSPS) is 24.0. The van der Waals surface area contributed by atoms with Crippen LogP contribution in [0.4, 0.5) is 0 Å². The second-order valence-electron chi connectivity index (χ2n) is 6.66. The molecule has 0 spiro atoms. The van der Waals surface area contributed by atoms with Gasteiger partial charge in [-0.1, -0.05) is 31.2 Å². The van der Waals surface area contributed by atoms with Crippen molar-refractivity contribution in [3.63, 3.8) is 0 Å². The van der Waals surface area contributed by atoms with Gasteiger partial charge < -0.3 is 5.73 Å². The van der Waals surface area contributed by atoms with E-state index in [0.29, 0.717) is 6.04 Å². The number of piperazine rings is 1. The standard InChI is InChI=1S/C18H29N3/c1-3-15-4-6-16(7-5-15)18(19)14(2)20-10-12-21(13-11-20)17-8-9-17/h4-7,14,17-18H,3,8-13,19H2,1-2H3. The fourth-order valence-corrected chi connectivity index (χ4v) is 3.43.